The maximum atomic E-state index is 4.32. The molecule has 0 atom stereocenters. The van der Waals surface area contributed by atoms with E-state index in [-0.39, 0.29) is 12.4 Å². The molecule has 0 radical (unpaired) electrons. The lowest BCUT2D eigenvalue weighted by Crippen LogP contribution is -1.92. The highest BCUT2D eigenvalue weighted by atomic mass is 79.9. The van der Waals surface area contributed by atoms with Gasteiger partial charge in [0.2, 0.25) is 0 Å². The molecular formula is C16H13BrClN3. The van der Waals surface area contributed by atoms with E-state index in [9.17, 15) is 0 Å². The Morgan fingerprint density at radius 2 is 1.90 bits per heavy atom. The lowest BCUT2D eigenvalue weighted by molar-refractivity contribution is 1.33. The first-order valence-corrected chi connectivity index (χ1v) is 7.00. The maximum Gasteiger partial charge on any atom is 0.0723 e. The van der Waals surface area contributed by atoms with Crippen molar-refractivity contribution in [2.75, 3.05) is 5.43 Å². The van der Waals surface area contributed by atoms with Crippen LogP contribution < -0.4 is 5.43 Å². The molecule has 0 saturated heterocycles. The Balaban J connectivity index is 0.00000161. The van der Waals surface area contributed by atoms with Crippen molar-refractivity contribution in [3.63, 3.8) is 0 Å². The van der Waals surface area contributed by atoms with Crippen molar-refractivity contribution in [2.45, 2.75) is 0 Å². The van der Waals surface area contributed by atoms with Gasteiger partial charge in [-0.25, -0.2) is 0 Å². The zero-order valence-electron chi connectivity index (χ0n) is 11.0. The number of anilines is 1. The topological polar surface area (TPSA) is 37.3 Å². The summed E-state index contributed by atoms with van der Waals surface area (Å²) in [6, 6.07) is 17.9. The first-order valence-electron chi connectivity index (χ1n) is 6.21. The Labute approximate surface area is 137 Å². The van der Waals surface area contributed by atoms with Gasteiger partial charge in [0.15, 0.2) is 0 Å². The van der Waals surface area contributed by atoms with Gasteiger partial charge in [0.1, 0.15) is 0 Å². The molecule has 1 N–H and O–H groups in total. The lowest BCUT2D eigenvalue weighted by Gasteiger charge is -2.04. The molecule has 3 nitrogen and oxygen atoms in total. The Kier molecular flexibility index (Phi) is 5.31. The van der Waals surface area contributed by atoms with Crippen LogP contribution in [0.2, 0.25) is 0 Å². The number of hydrogen-bond acceptors (Lipinski definition) is 3. The van der Waals surface area contributed by atoms with Gasteiger partial charge in [0.25, 0.3) is 0 Å². The van der Waals surface area contributed by atoms with E-state index >= 15 is 0 Å². The second-order valence-corrected chi connectivity index (χ2v) is 5.22. The van der Waals surface area contributed by atoms with Crippen molar-refractivity contribution in [1.82, 2.24) is 4.98 Å². The van der Waals surface area contributed by atoms with Gasteiger partial charge in [-0.2, -0.15) is 5.10 Å². The van der Waals surface area contributed by atoms with Gasteiger partial charge in [-0.05, 0) is 29.8 Å². The molecule has 1 heterocycles. The molecule has 0 amide bonds. The monoisotopic (exact) mass is 361 g/mol. The van der Waals surface area contributed by atoms with Gasteiger partial charge < -0.3 is 0 Å². The summed E-state index contributed by atoms with van der Waals surface area (Å²) in [5.41, 5.74) is 6.00. The predicted octanol–water partition coefficient (Wildman–Crippen LogP) is 4.87. The number of rotatable bonds is 3. The summed E-state index contributed by atoms with van der Waals surface area (Å²) in [4.78, 5) is 4.32. The van der Waals surface area contributed by atoms with E-state index in [2.05, 4.69) is 31.4 Å². The number of fused-ring (bicyclic) bond motifs is 1. The molecule has 0 bridgehead atoms. The number of nitrogens with zero attached hydrogens (tertiary/aromatic N) is 2. The van der Waals surface area contributed by atoms with Gasteiger partial charge in [0.05, 0.1) is 17.4 Å². The van der Waals surface area contributed by atoms with E-state index in [4.69, 9.17) is 0 Å². The van der Waals surface area contributed by atoms with Crippen LogP contribution in [0.15, 0.2) is 70.4 Å². The fourth-order valence-corrected chi connectivity index (χ4v) is 2.37. The quantitative estimate of drug-likeness (QED) is 0.533. The van der Waals surface area contributed by atoms with Crippen LogP contribution >= 0.6 is 28.3 Å². The van der Waals surface area contributed by atoms with Crippen molar-refractivity contribution in [1.29, 1.82) is 0 Å². The molecule has 21 heavy (non-hydrogen) atoms. The number of hydrogen-bond donors (Lipinski definition) is 1. The van der Waals surface area contributed by atoms with E-state index in [0.717, 1.165) is 26.6 Å². The highest BCUT2D eigenvalue weighted by Gasteiger charge is 1.98. The van der Waals surface area contributed by atoms with E-state index < -0.39 is 0 Å². The molecule has 0 unspecified atom stereocenters. The third kappa shape index (κ3) is 3.80. The van der Waals surface area contributed by atoms with Crippen molar-refractivity contribution >= 4 is 51.1 Å². The molecule has 2 aromatic carbocycles. The van der Waals surface area contributed by atoms with Crippen LogP contribution in [0.3, 0.4) is 0 Å². The fraction of sp³-hybridized carbons (Fsp3) is 0. The summed E-state index contributed by atoms with van der Waals surface area (Å²) in [6.45, 7) is 0. The molecule has 0 spiro atoms. The Bertz CT molecular complexity index is 769. The standard InChI is InChI=1S/C16H12BrN3.ClH/c17-13-5-3-4-12(10-13)11-19-20-16-8-9-18-15-7-2-1-6-14(15)16;/h1-11H,(H,18,20);1H. The SMILES string of the molecule is Brc1cccc(C=NNc2ccnc3ccccc23)c1.Cl. The Morgan fingerprint density at radius 1 is 1.05 bits per heavy atom. The average molecular weight is 363 g/mol. The second-order valence-electron chi connectivity index (χ2n) is 4.30. The molecule has 1 aromatic heterocycles. The Morgan fingerprint density at radius 3 is 2.76 bits per heavy atom. The van der Waals surface area contributed by atoms with Gasteiger partial charge in [-0.15, -0.1) is 12.4 Å². The summed E-state index contributed by atoms with van der Waals surface area (Å²) in [5, 5.41) is 5.34. The second kappa shape index (κ2) is 7.20. The zero-order valence-corrected chi connectivity index (χ0v) is 13.4. The van der Waals surface area contributed by atoms with E-state index in [1.165, 1.54) is 0 Å². The molecule has 0 aliphatic carbocycles. The number of para-hydroxylation sites is 1. The minimum absolute atomic E-state index is 0. The molecule has 0 aliphatic heterocycles. The first-order chi connectivity index (χ1) is 9.83. The molecule has 0 aliphatic rings. The maximum absolute atomic E-state index is 4.32. The number of aromatic nitrogens is 1. The molecule has 3 rings (SSSR count). The first kappa shape index (κ1) is 15.5. The smallest absolute Gasteiger partial charge is 0.0723 e. The predicted molar refractivity (Wildman–Crippen MR) is 94.3 cm³/mol. The summed E-state index contributed by atoms with van der Waals surface area (Å²) in [6.07, 6.45) is 3.57. The van der Waals surface area contributed by atoms with Crippen molar-refractivity contribution in [2.24, 2.45) is 5.10 Å². The van der Waals surface area contributed by atoms with E-state index in [1.807, 2.05) is 54.6 Å². The van der Waals surface area contributed by atoms with Crippen LogP contribution in [0.25, 0.3) is 10.9 Å². The minimum atomic E-state index is 0. The van der Waals surface area contributed by atoms with Crippen LogP contribution in [0.1, 0.15) is 5.56 Å². The minimum Gasteiger partial charge on any atom is -0.278 e. The number of pyridine rings is 1. The molecular weight excluding hydrogens is 350 g/mol. The largest absolute Gasteiger partial charge is 0.278 e. The van der Waals surface area contributed by atoms with Crippen LogP contribution in [0.5, 0.6) is 0 Å². The van der Waals surface area contributed by atoms with Gasteiger partial charge in [0, 0.05) is 16.1 Å². The number of benzene rings is 2. The number of nitrogens with one attached hydrogen (secondary N) is 1. The summed E-state index contributed by atoms with van der Waals surface area (Å²) < 4.78 is 1.04. The average Bonchev–Trinajstić information content (AvgIpc) is 2.48. The fourth-order valence-electron chi connectivity index (χ4n) is 1.96. The van der Waals surface area contributed by atoms with Gasteiger partial charge in [-0.1, -0.05) is 46.3 Å². The van der Waals surface area contributed by atoms with E-state index in [1.54, 1.807) is 12.4 Å². The van der Waals surface area contributed by atoms with Crippen LogP contribution in [0, 0.1) is 0 Å². The van der Waals surface area contributed by atoms with Crippen molar-refractivity contribution < 1.29 is 0 Å². The van der Waals surface area contributed by atoms with Crippen LogP contribution in [0.4, 0.5) is 5.69 Å². The Hall–Kier alpha value is -1.91. The number of hydrazone groups is 1. The van der Waals surface area contributed by atoms with Gasteiger partial charge >= 0.3 is 0 Å². The van der Waals surface area contributed by atoms with Crippen LogP contribution in [-0.4, -0.2) is 11.2 Å². The van der Waals surface area contributed by atoms with Crippen molar-refractivity contribution in [3.8, 4) is 0 Å². The molecule has 3 aromatic rings. The lowest BCUT2D eigenvalue weighted by atomic mass is 10.2. The van der Waals surface area contributed by atoms with Crippen molar-refractivity contribution in [3.05, 3.63) is 70.8 Å². The molecule has 106 valence electrons. The highest BCUT2D eigenvalue weighted by molar-refractivity contribution is 9.10. The highest BCUT2D eigenvalue weighted by Crippen LogP contribution is 2.20. The number of halogens is 2. The summed E-state index contributed by atoms with van der Waals surface area (Å²) in [5.74, 6) is 0. The van der Waals surface area contributed by atoms with Crippen LogP contribution in [-0.2, 0) is 0 Å². The summed E-state index contributed by atoms with van der Waals surface area (Å²) in [7, 11) is 0. The molecule has 5 heteroatoms. The zero-order chi connectivity index (χ0) is 13.8. The van der Waals surface area contributed by atoms with Gasteiger partial charge in [-0.3, -0.25) is 10.4 Å². The summed E-state index contributed by atoms with van der Waals surface area (Å²) >= 11 is 3.44. The molecule has 0 saturated carbocycles. The molecule has 0 fully saturated rings. The third-order valence-electron chi connectivity index (χ3n) is 2.90. The third-order valence-corrected chi connectivity index (χ3v) is 3.39. The normalized spacial score (nSPS) is 10.5. The van der Waals surface area contributed by atoms with E-state index in [0.29, 0.717) is 0 Å².